The second-order valence-corrected chi connectivity index (χ2v) is 6.55. The van der Waals surface area contributed by atoms with Gasteiger partial charge in [-0.1, -0.05) is 45.0 Å². The number of hydrogen-bond donors (Lipinski definition) is 1. The summed E-state index contributed by atoms with van der Waals surface area (Å²) in [4.78, 5) is 11.0. The smallest absolute Gasteiger partial charge is 0.308 e. The van der Waals surface area contributed by atoms with Crippen molar-refractivity contribution in [2.45, 2.75) is 33.6 Å². The van der Waals surface area contributed by atoms with Gasteiger partial charge in [0.15, 0.2) is 0 Å². The lowest BCUT2D eigenvalue weighted by Crippen LogP contribution is -2.19. The van der Waals surface area contributed by atoms with Crippen LogP contribution < -0.4 is 4.74 Å². The van der Waals surface area contributed by atoms with Crippen LogP contribution in [0.25, 0.3) is 0 Å². The molecule has 0 heterocycles. The van der Waals surface area contributed by atoms with E-state index >= 15 is 0 Å². The summed E-state index contributed by atoms with van der Waals surface area (Å²) in [6, 6.07) is 14.9. The first kappa shape index (κ1) is 16.1. The summed E-state index contributed by atoms with van der Waals surface area (Å²) in [6.07, 6.45) is 0. The average Bonchev–Trinajstić information content (AvgIpc) is 2.41. The maximum atomic E-state index is 11.0. The van der Waals surface area contributed by atoms with E-state index in [-0.39, 0.29) is 23.1 Å². The van der Waals surface area contributed by atoms with Crippen LogP contribution in [0, 0.1) is 5.41 Å². The molecule has 0 spiro atoms. The third-order valence-electron chi connectivity index (χ3n) is 3.57. The summed E-state index contributed by atoms with van der Waals surface area (Å²) in [7, 11) is 0. The molecular weight excluding hydrogens is 276 g/mol. The zero-order valence-corrected chi connectivity index (χ0v) is 13.5. The van der Waals surface area contributed by atoms with Gasteiger partial charge >= 0.3 is 5.97 Å². The predicted molar refractivity (Wildman–Crippen MR) is 87.2 cm³/mol. The predicted octanol–water partition coefficient (Wildman–Crippen LogP) is 4.50. The topological polar surface area (TPSA) is 46.5 Å². The zero-order valence-electron chi connectivity index (χ0n) is 13.5. The highest BCUT2D eigenvalue weighted by atomic mass is 16.5. The second kappa shape index (κ2) is 6.22. The lowest BCUT2D eigenvalue weighted by atomic mass is 9.72. The number of ether oxygens (including phenoxy) is 1. The van der Waals surface area contributed by atoms with E-state index in [9.17, 15) is 9.90 Å². The molecule has 2 aromatic rings. The third kappa shape index (κ3) is 3.88. The molecule has 0 aliphatic heterocycles. The van der Waals surface area contributed by atoms with Gasteiger partial charge in [0.2, 0.25) is 0 Å². The first-order valence-electron chi connectivity index (χ1n) is 7.34. The molecule has 22 heavy (non-hydrogen) atoms. The van der Waals surface area contributed by atoms with Gasteiger partial charge in [0.1, 0.15) is 11.5 Å². The average molecular weight is 298 g/mol. The minimum absolute atomic E-state index is 0.0138. The molecule has 0 saturated carbocycles. The molecule has 2 aromatic carbocycles. The molecule has 0 unspecified atom stereocenters. The van der Waals surface area contributed by atoms with Gasteiger partial charge in [0.05, 0.1) is 0 Å². The van der Waals surface area contributed by atoms with E-state index in [4.69, 9.17) is 4.74 Å². The van der Waals surface area contributed by atoms with Crippen molar-refractivity contribution in [3.63, 3.8) is 0 Å². The number of carbonyl (C=O) groups excluding carboxylic acids is 1. The summed E-state index contributed by atoms with van der Waals surface area (Å²) >= 11 is 0. The van der Waals surface area contributed by atoms with Gasteiger partial charge in [-0.15, -0.1) is 0 Å². The van der Waals surface area contributed by atoms with Crippen LogP contribution in [0.4, 0.5) is 0 Å². The molecule has 0 fully saturated rings. The number of phenolic OH excluding ortho intramolecular Hbond substituents is 1. The van der Waals surface area contributed by atoms with Gasteiger partial charge in [0, 0.05) is 12.8 Å². The molecule has 1 N–H and O–H groups in total. The van der Waals surface area contributed by atoms with Crippen molar-refractivity contribution in [2.75, 3.05) is 0 Å². The minimum Gasteiger partial charge on any atom is -0.508 e. The molecule has 1 atom stereocenters. The van der Waals surface area contributed by atoms with Crippen LogP contribution >= 0.6 is 0 Å². The van der Waals surface area contributed by atoms with Crippen LogP contribution in [0.2, 0.25) is 0 Å². The molecule has 0 saturated heterocycles. The standard InChI is InChI=1S/C19H22O3/c1-13(20)22-17-11-7-15(8-12-17)18(19(2,3)4)14-5-9-16(21)10-6-14/h5-12,18,21H,1-4H3/t18-/m1/s1. The normalized spacial score (nSPS) is 12.7. The lowest BCUT2D eigenvalue weighted by molar-refractivity contribution is -0.131. The third-order valence-corrected chi connectivity index (χ3v) is 3.57. The van der Waals surface area contributed by atoms with Crippen molar-refractivity contribution in [3.8, 4) is 11.5 Å². The van der Waals surface area contributed by atoms with Gasteiger partial charge < -0.3 is 9.84 Å². The maximum absolute atomic E-state index is 11.0. The quantitative estimate of drug-likeness (QED) is 0.670. The van der Waals surface area contributed by atoms with Crippen LogP contribution in [-0.2, 0) is 4.79 Å². The molecule has 0 aliphatic rings. The van der Waals surface area contributed by atoms with E-state index in [0.717, 1.165) is 11.1 Å². The summed E-state index contributed by atoms with van der Waals surface area (Å²) in [5.74, 6) is 0.675. The molecule has 3 heteroatoms. The Bertz CT molecular complexity index is 634. The van der Waals surface area contributed by atoms with Crippen LogP contribution in [0.1, 0.15) is 44.7 Å². The minimum atomic E-state index is -0.321. The first-order chi connectivity index (χ1) is 10.3. The maximum Gasteiger partial charge on any atom is 0.308 e. The Labute approximate surface area is 131 Å². The first-order valence-corrected chi connectivity index (χ1v) is 7.34. The Kier molecular flexibility index (Phi) is 4.55. The summed E-state index contributed by atoms with van der Waals surface area (Å²) in [5, 5.41) is 9.48. The fraction of sp³-hybridized carbons (Fsp3) is 0.316. The van der Waals surface area contributed by atoms with Gasteiger partial charge in [-0.2, -0.15) is 0 Å². The molecule has 2 rings (SSSR count). The molecule has 0 amide bonds. The SMILES string of the molecule is CC(=O)Oc1ccc([C@@H](c2ccc(O)cc2)C(C)(C)C)cc1. The van der Waals surface area contributed by atoms with E-state index < -0.39 is 0 Å². The van der Waals surface area contributed by atoms with Gasteiger partial charge in [-0.3, -0.25) is 4.79 Å². The van der Waals surface area contributed by atoms with Crippen molar-refractivity contribution in [1.29, 1.82) is 0 Å². The fourth-order valence-corrected chi connectivity index (χ4v) is 2.75. The van der Waals surface area contributed by atoms with Crippen molar-refractivity contribution in [1.82, 2.24) is 0 Å². The largest absolute Gasteiger partial charge is 0.508 e. The van der Waals surface area contributed by atoms with E-state index in [1.807, 2.05) is 36.4 Å². The van der Waals surface area contributed by atoms with Crippen LogP contribution in [-0.4, -0.2) is 11.1 Å². The summed E-state index contributed by atoms with van der Waals surface area (Å²) < 4.78 is 5.08. The number of carbonyl (C=O) groups is 1. The lowest BCUT2D eigenvalue weighted by Gasteiger charge is -2.32. The zero-order chi connectivity index (χ0) is 16.3. The number of rotatable bonds is 3. The van der Waals surface area contributed by atoms with Crippen molar-refractivity contribution >= 4 is 5.97 Å². The van der Waals surface area contributed by atoms with E-state index in [1.165, 1.54) is 6.92 Å². The molecule has 116 valence electrons. The van der Waals surface area contributed by atoms with Crippen LogP contribution in [0.3, 0.4) is 0 Å². The molecule has 0 radical (unpaired) electrons. The molecule has 0 aliphatic carbocycles. The number of esters is 1. The Morgan fingerprint density at radius 2 is 1.41 bits per heavy atom. The van der Waals surface area contributed by atoms with Crippen LogP contribution in [0.15, 0.2) is 48.5 Å². The second-order valence-electron chi connectivity index (χ2n) is 6.55. The molecule has 0 bridgehead atoms. The summed E-state index contributed by atoms with van der Waals surface area (Å²) in [6.45, 7) is 7.95. The number of phenols is 1. The Morgan fingerprint density at radius 1 is 0.955 bits per heavy atom. The Morgan fingerprint density at radius 3 is 1.82 bits per heavy atom. The highest BCUT2D eigenvalue weighted by Gasteiger charge is 2.27. The summed E-state index contributed by atoms with van der Waals surface area (Å²) in [5.41, 5.74) is 2.31. The molecular formula is C19H22O3. The molecule has 0 aromatic heterocycles. The highest BCUT2D eigenvalue weighted by Crippen LogP contribution is 2.41. The van der Waals surface area contributed by atoms with Gasteiger partial charge in [-0.05, 0) is 40.8 Å². The highest BCUT2D eigenvalue weighted by molar-refractivity contribution is 5.69. The monoisotopic (exact) mass is 298 g/mol. The van der Waals surface area contributed by atoms with Crippen LogP contribution in [0.5, 0.6) is 11.5 Å². The molecule has 3 nitrogen and oxygen atoms in total. The Hall–Kier alpha value is -2.29. The van der Waals surface area contributed by atoms with Crippen molar-refractivity contribution in [3.05, 3.63) is 59.7 Å². The Balaban J connectivity index is 2.38. The fourth-order valence-electron chi connectivity index (χ4n) is 2.75. The van der Waals surface area contributed by atoms with Gasteiger partial charge in [0.25, 0.3) is 0 Å². The van der Waals surface area contributed by atoms with Crippen molar-refractivity contribution in [2.24, 2.45) is 5.41 Å². The van der Waals surface area contributed by atoms with Crippen molar-refractivity contribution < 1.29 is 14.6 Å². The van der Waals surface area contributed by atoms with E-state index in [0.29, 0.717) is 5.75 Å². The van der Waals surface area contributed by atoms with Gasteiger partial charge in [-0.25, -0.2) is 0 Å². The van der Waals surface area contributed by atoms with E-state index in [2.05, 4.69) is 20.8 Å². The van der Waals surface area contributed by atoms with E-state index in [1.54, 1.807) is 12.1 Å². The number of hydrogen-bond acceptors (Lipinski definition) is 3. The number of benzene rings is 2. The number of aromatic hydroxyl groups is 1.